The summed E-state index contributed by atoms with van der Waals surface area (Å²) in [6.07, 6.45) is -0.0704. The first-order valence-corrected chi connectivity index (χ1v) is 10.9. The van der Waals surface area contributed by atoms with Crippen LogP contribution < -0.4 is 4.72 Å². The first kappa shape index (κ1) is 22.1. The summed E-state index contributed by atoms with van der Waals surface area (Å²) in [4.78, 5) is 12.4. The summed E-state index contributed by atoms with van der Waals surface area (Å²) in [5, 5.41) is 0. The maximum Gasteiger partial charge on any atom is 0.307 e. The topological polar surface area (TPSA) is 72.5 Å². The molecule has 0 saturated carbocycles. The van der Waals surface area contributed by atoms with Crippen molar-refractivity contribution in [3.8, 4) is 0 Å². The van der Waals surface area contributed by atoms with Gasteiger partial charge in [-0.1, -0.05) is 35.9 Å². The highest BCUT2D eigenvalue weighted by Crippen LogP contribution is 2.28. The van der Waals surface area contributed by atoms with Crippen LogP contribution in [0, 0.1) is 34.6 Å². The van der Waals surface area contributed by atoms with Gasteiger partial charge in [-0.2, -0.15) is 0 Å². The molecule has 0 radical (unpaired) electrons. The number of esters is 1. The molecule has 0 unspecified atom stereocenters. The van der Waals surface area contributed by atoms with Gasteiger partial charge in [-0.25, -0.2) is 13.1 Å². The van der Waals surface area contributed by atoms with Gasteiger partial charge in [0.05, 0.1) is 24.0 Å². The van der Waals surface area contributed by atoms with E-state index in [1.807, 2.05) is 65.0 Å². The van der Waals surface area contributed by atoms with Crippen LogP contribution in [0.25, 0.3) is 0 Å². The minimum absolute atomic E-state index is 0.0704. The Morgan fingerprint density at radius 3 is 2.04 bits per heavy atom. The van der Waals surface area contributed by atoms with Crippen molar-refractivity contribution in [2.45, 2.75) is 58.9 Å². The summed E-state index contributed by atoms with van der Waals surface area (Å²) in [6, 6.07) is 8.75. The van der Waals surface area contributed by atoms with Crippen LogP contribution >= 0.6 is 0 Å². The van der Waals surface area contributed by atoms with E-state index in [4.69, 9.17) is 4.74 Å². The van der Waals surface area contributed by atoms with E-state index in [1.54, 1.807) is 6.92 Å². The highest BCUT2D eigenvalue weighted by atomic mass is 32.2. The molecular formula is C22H29NO4S. The Morgan fingerprint density at radius 2 is 1.54 bits per heavy atom. The fourth-order valence-corrected chi connectivity index (χ4v) is 5.08. The third-order valence-corrected chi connectivity index (χ3v) is 6.76. The van der Waals surface area contributed by atoms with Crippen molar-refractivity contribution in [2.24, 2.45) is 0 Å². The molecule has 0 heterocycles. The Hall–Kier alpha value is -2.18. The molecule has 152 valence electrons. The molecule has 0 aliphatic carbocycles. The molecule has 2 aromatic rings. The molecule has 1 atom stereocenters. The maximum atomic E-state index is 13.3. The summed E-state index contributed by atoms with van der Waals surface area (Å²) < 4.78 is 34.4. The Morgan fingerprint density at radius 1 is 1.00 bits per heavy atom. The van der Waals surface area contributed by atoms with Crippen molar-refractivity contribution in [1.82, 2.24) is 4.72 Å². The van der Waals surface area contributed by atoms with Gasteiger partial charge in [0.2, 0.25) is 10.0 Å². The zero-order valence-electron chi connectivity index (χ0n) is 17.4. The predicted molar refractivity (Wildman–Crippen MR) is 111 cm³/mol. The molecule has 28 heavy (non-hydrogen) atoms. The Balaban J connectivity index is 2.48. The smallest absolute Gasteiger partial charge is 0.307 e. The lowest BCUT2D eigenvalue weighted by molar-refractivity contribution is -0.143. The number of rotatable bonds is 7. The second-order valence-electron chi connectivity index (χ2n) is 7.18. The number of hydrogen-bond acceptors (Lipinski definition) is 4. The molecule has 5 nitrogen and oxygen atoms in total. The Bertz CT molecular complexity index is 937. The molecule has 0 aliphatic heterocycles. The summed E-state index contributed by atoms with van der Waals surface area (Å²) in [5.41, 5.74) is 5.05. The fraction of sp³-hybridized carbons (Fsp3) is 0.409. The second-order valence-corrected chi connectivity index (χ2v) is 8.83. The third kappa shape index (κ3) is 5.00. The highest BCUT2D eigenvalue weighted by Gasteiger charge is 2.27. The first-order chi connectivity index (χ1) is 13.1. The van der Waals surface area contributed by atoms with Crippen molar-refractivity contribution in [2.75, 3.05) is 6.61 Å². The summed E-state index contributed by atoms with van der Waals surface area (Å²) in [6.45, 7) is 11.3. The summed E-state index contributed by atoms with van der Waals surface area (Å²) in [5.74, 6) is -0.440. The van der Waals surface area contributed by atoms with Crippen LogP contribution in [0.3, 0.4) is 0 Å². The predicted octanol–water partition coefficient (Wildman–Crippen LogP) is 4.20. The van der Waals surface area contributed by atoms with E-state index in [0.717, 1.165) is 33.4 Å². The van der Waals surface area contributed by atoms with E-state index in [2.05, 4.69) is 4.72 Å². The van der Waals surface area contributed by atoms with Crippen molar-refractivity contribution >= 4 is 16.0 Å². The molecule has 0 aliphatic rings. The normalized spacial score (nSPS) is 12.6. The van der Waals surface area contributed by atoms with Crippen LogP contribution in [-0.2, 0) is 19.6 Å². The average Bonchev–Trinajstić information content (AvgIpc) is 2.60. The lowest BCUT2D eigenvalue weighted by Gasteiger charge is -2.22. The van der Waals surface area contributed by atoms with E-state index in [-0.39, 0.29) is 17.9 Å². The van der Waals surface area contributed by atoms with E-state index >= 15 is 0 Å². The Labute approximate surface area is 168 Å². The minimum Gasteiger partial charge on any atom is -0.466 e. The quantitative estimate of drug-likeness (QED) is 0.703. The number of sulfonamides is 1. The van der Waals surface area contributed by atoms with Crippen LogP contribution in [0.5, 0.6) is 0 Å². The highest BCUT2D eigenvalue weighted by molar-refractivity contribution is 7.89. The van der Waals surface area contributed by atoms with Gasteiger partial charge in [0.1, 0.15) is 0 Å². The van der Waals surface area contributed by atoms with Crippen molar-refractivity contribution in [3.05, 3.63) is 63.7 Å². The lowest BCUT2D eigenvalue weighted by Crippen LogP contribution is -2.32. The van der Waals surface area contributed by atoms with E-state index in [0.29, 0.717) is 0 Å². The number of hydrogen-bond donors (Lipinski definition) is 1. The molecule has 2 rings (SSSR count). The van der Waals surface area contributed by atoms with Gasteiger partial charge in [-0.15, -0.1) is 0 Å². The molecule has 2 aromatic carbocycles. The maximum absolute atomic E-state index is 13.3. The van der Waals surface area contributed by atoms with Gasteiger partial charge in [0, 0.05) is 0 Å². The molecule has 0 aromatic heterocycles. The zero-order chi connectivity index (χ0) is 21.1. The summed E-state index contributed by atoms with van der Waals surface area (Å²) in [7, 11) is -3.84. The largest absolute Gasteiger partial charge is 0.466 e. The van der Waals surface area contributed by atoms with Gasteiger partial charge < -0.3 is 4.74 Å². The lowest BCUT2D eigenvalue weighted by atomic mass is 10.0. The standard InChI is InChI=1S/C22H29NO4S/c1-7-27-21(24)13-20(19-10-8-14(2)9-11-19)23-28(25,26)22-17(5)15(3)12-16(4)18(22)6/h8-12,20,23H,7,13H2,1-6H3/t20-/m0/s1. The monoisotopic (exact) mass is 403 g/mol. The van der Waals surface area contributed by atoms with Crippen LogP contribution in [0.1, 0.15) is 52.8 Å². The van der Waals surface area contributed by atoms with Crippen molar-refractivity contribution < 1.29 is 17.9 Å². The van der Waals surface area contributed by atoms with Gasteiger partial charge in [0.25, 0.3) is 0 Å². The number of carbonyl (C=O) groups excluding carboxylic acids is 1. The molecule has 0 spiro atoms. The van der Waals surface area contributed by atoms with Crippen molar-refractivity contribution in [1.29, 1.82) is 0 Å². The fourth-order valence-electron chi connectivity index (χ4n) is 3.24. The number of ether oxygens (including phenoxy) is 1. The molecule has 6 heteroatoms. The number of nitrogens with one attached hydrogen (secondary N) is 1. The average molecular weight is 404 g/mol. The van der Waals surface area contributed by atoms with Gasteiger partial charge in [0.15, 0.2) is 0 Å². The first-order valence-electron chi connectivity index (χ1n) is 9.38. The third-order valence-electron chi connectivity index (χ3n) is 5.02. The van der Waals surface area contributed by atoms with Crippen LogP contribution in [-0.4, -0.2) is 21.0 Å². The van der Waals surface area contributed by atoms with Crippen LogP contribution in [0.15, 0.2) is 35.2 Å². The van der Waals surface area contributed by atoms with Gasteiger partial charge in [-0.3, -0.25) is 4.79 Å². The van der Waals surface area contributed by atoms with Crippen LogP contribution in [0.4, 0.5) is 0 Å². The molecule has 1 N–H and O–H groups in total. The van der Waals surface area contributed by atoms with E-state index < -0.39 is 22.0 Å². The molecular weight excluding hydrogens is 374 g/mol. The molecule has 0 fully saturated rings. The second kappa shape index (κ2) is 8.88. The molecule has 0 bridgehead atoms. The number of benzene rings is 2. The number of aryl methyl sites for hydroxylation is 3. The van der Waals surface area contributed by atoms with Crippen molar-refractivity contribution in [3.63, 3.8) is 0 Å². The molecule has 0 amide bonds. The Kier molecular flexibility index (Phi) is 7.01. The zero-order valence-corrected chi connectivity index (χ0v) is 18.2. The van der Waals surface area contributed by atoms with Gasteiger partial charge in [-0.05, 0) is 69.4 Å². The van der Waals surface area contributed by atoms with Crippen LogP contribution in [0.2, 0.25) is 0 Å². The summed E-state index contributed by atoms with van der Waals surface area (Å²) >= 11 is 0. The number of carbonyl (C=O) groups is 1. The van der Waals surface area contributed by atoms with E-state index in [1.165, 1.54) is 0 Å². The van der Waals surface area contributed by atoms with E-state index in [9.17, 15) is 13.2 Å². The SMILES string of the molecule is CCOC(=O)C[C@H](NS(=O)(=O)c1c(C)c(C)cc(C)c1C)c1ccc(C)cc1. The minimum atomic E-state index is -3.84. The van der Waals surface area contributed by atoms with Gasteiger partial charge >= 0.3 is 5.97 Å². The molecule has 0 saturated heterocycles.